The molecule has 18 heavy (non-hydrogen) atoms. The van der Waals surface area contributed by atoms with Gasteiger partial charge in [-0.15, -0.1) is 0 Å². The van der Waals surface area contributed by atoms with Gasteiger partial charge in [0.1, 0.15) is 17.6 Å². The quantitative estimate of drug-likeness (QED) is 0.670. The molecule has 0 aromatic carbocycles. The van der Waals surface area contributed by atoms with Gasteiger partial charge in [0.15, 0.2) is 5.92 Å². The number of methoxy groups -OCH3 is 1. The molecular weight excluding hydrogens is 232 g/mol. The van der Waals surface area contributed by atoms with Gasteiger partial charge in [-0.2, -0.15) is 0 Å². The molecule has 2 rings (SSSR count). The summed E-state index contributed by atoms with van der Waals surface area (Å²) in [6, 6.07) is 0. The molecule has 1 heterocycles. The van der Waals surface area contributed by atoms with Gasteiger partial charge in [0, 0.05) is 6.42 Å². The van der Waals surface area contributed by atoms with Crippen LogP contribution in [0.4, 0.5) is 0 Å². The fraction of sp³-hybridized carbons (Fsp3) is 0.500. The van der Waals surface area contributed by atoms with Crippen molar-refractivity contribution in [3.63, 3.8) is 0 Å². The summed E-state index contributed by atoms with van der Waals surface area (Å²) < 4.78 is 16.5. The zero-order valence-electron chi connectivity index (χ0n) is 10.9. The van der Waals surface area contributed by atoms with E-state index >= 15 is 0 Å². The minimum absolute atomic E-state index is 0.00598. The van der Waals surface area contributed by atoms with Crippen LogP contribution in [-0.4, -0.2) is 25.3 Å². The van der Waals surface area contributed by atoms with Crippen LogP contribution < -0.4 is 0 Å². The Bertz CT molecular complexity index is 420. The molecule has 98 valence electrons. The summed E-state index contributed by atoms with van der Waals surface area (Å²) in [5, 5.41) is 0. The number of hydrogen-bond acceptors (Lipinski definition) is 4. The third-order valence-corrected chi connectivity index (χ3v) is 2.99. The zero-order chi connectivity index (χ0) is 13.1. The number of allylic oxidation sites excluding steroid dienone is 4. The first-order valence-electron chi connectivity index (χ1n) is 6.11. The molecule has 4 heteroatoms. The lowest BCUT2D eigenvalue weighted by Crippen LogP contribution is -2.33. The molecule has 4 nitrogen and oxygen atoms in total. The topological polar surface area (TPSA) is 44.8 Å². The second-order valence-electron chi connectivity index (χ2n) is 4.57. The highest BCUT2D eigenvalue weighted by Gasteiger charge is 2.35. The van der Waals surface area contributed by atoms with Crippen molar-refractivity contribution in [2.45, 2.75) is 32.5 Å². The highest BCUT2D eigenvalue weighted by atomic mass is 16.6. The van der Waals surface area contributed by atoms with E-state index in [0.717, 1.165) is 0 Å². The third-order valence-electron chi connectivity index (χ3n) is 2.99. The number of fused-ring (bicyclic) bond motifs is 1. The second kappa shape index (κ2) is 5.29. The highest BCUT2D eigenvalue weighted by molar-refractivity contribution is 5.79. The van der Waals surface area contributed by atoms with Crippen LogP contribution in [0.15, 0.2) is 35.8 Å². The summed E-state index contributed by atoms with van der Waals surface area (Å²) in [6.45, 7) is 3.84. The predicted molar refractivity (Wildman–Crippen MR) is 66.5 cm³/mol. The average Bonchev–Trinajstić information content (AvgIpc) is 2.48. The summed E-state index contributed by atoms with van der Waals surface area (Å²) in [5.74, 6) is 0.204. The molecule has 0 spiro atoms. The highest BCUT2D eigenvalue weighted by Crippen LogP contribution is 2.30. The van der Waals surface area contributed by atoms with Crippen LogP contribution in [-0.2, 0) is 19.0 Å². The Labute approximate surface area is 107 Å². The van der Waals surface area contributed by atoms with Crippen molar-refractivity contribution in [2.24, 2.45) is 5.92 Å². The van der Waals surface area contributed by atoms with Gasteiger partial charge in [-0.25, -0.2) is 0 Å². The number of esters is 1. The normalized spacial score (nSPS) is 31.7. The SMILES string of the molecule is COC1=CC=CC=C2OC(C)CC(C)OC(=O)C12. The van der Waals surface area contributed by atoms with E-state index in [4.69, 9.17) is 14.2 Å². The summed E-state index contributed by atoms with van der Waals surface area (Å²) in [7, 11) is 1.54. The maximum absolute atomic E-state index is 12.1. The van der Waals surface area contributed by atoms with Crippen LogP contribution in [0.1, 0.15) is 20.3 Å². The van der Waals surface area contributed by atoms with Gasteiger partial charge in [0.2, 0.25) is 0 Å². The minimum Gasteiger partial charge on any atom is -0.500 e. The molecular formula is C14H18O4. The van der Waals surface area contributed by atoms with Crippen LogP contribution in [0.2, 0.25) is 0 Å². The largest absolute Gasteiger partial charge is 0.500 e. The van der Waals surface area contributed by atoms with Gasteiger partial charge in [0.05, 0.1) is 13.2 Å². The summed E-state index contributed by atoms with van der Waals surface area (Å²) >= 11 is 0. The summed E-state index contributed by atoms with van der Waals surface area (Å²) in [4.78, 5) is 12.1. The van der Waals surface area contributed by atoms with E-state index in [1.807, 2.05) is 26.0 Å². The second-order valence-corrected chi connectivity index (χ2v) is 4.57. The Morgan fingerprint density at radius 2 is 1.83 bits per heavy atom. The fourth-order valence-electron chi connectivity index (χ4n) is 2.22. The molecule has 0 saturated carbocycles. The molecule has 1 fully saturated rings. The van der Waals surface area contributed by atoms with Gasteiger partial charge in [0.25, 0.3) is 0 Å². The van der Waals surface area contributed by atoms with E-state index in [1.165, 1.54) is 0 Å². The van der Waals surface area contributed by atoms with Crippen LogP contribution in [0, 0.1) is 5.92 Å². The number of carbonyl (C=O) groups is 1. The van der Waals surface area contributed by atoms with Crippen molar-refractivity contribution in [2.75, 3.05) is 7.11 Å². The number of rotatable bonds is 1. The Morgan fingerprint density at radius 3 is 2.56 bits per heavy atom. The molecule has 1 aliphatic carbocycles. The van der Waals surface area contributed by atoms with E-state index in [2.05, 4.69) is 0 Å². The van der Waals surface area contributed by atoms with Crippen LogP contribution in [0.5, 0.6) is 0 Å². The lowest BCUT2D eigenvalue weighted by atomic mass is 10.0. The molecule has 0 aromatic rings. The van der Waals surface area contributed by atoms with E-state index in [0.29, 0.717) is 17.9 Å². The molecule has 2 aliphatic rings. The van der Waals surface area contributed by atoms with Gasteiger partial charge in [-0.3, -0.25) is 4.79 Å². The lowest BCUT2D eigenvalue weighted by molar-refractivity contribution is -0.157. The molecule has 3 unspecified atom stereocenters. The standard InChI is InChI=1S/C14H18O4/c1-9-8-10(2)18-14(15)13-11(16-3)6-4-5-7-12(13)17-9/h4-7,9-10,13H,8H2,1-3H3. The molecule has 0 bridgehead atoms. The maximum atomic E-state index is 12.1. The first-order chi connectivity index (χ1) is 8.61. The molecule has 3 atom stereocenters. The van der Waals surface area contributed by atoms with Crippen molar-refractivity contribution in [3.05, 3.63) is 35.8 Å². The van der Waals surface area contributed by atoms with Gasteiger partial charge < -0.3 is 14.2 Å². The molecule has 1 saturated heterocycles. The Hall–Kier alpha value is -1.71. The van der Waals surface area contributed by atoms with E-state index < -0.39 is 5.92 Å². The van der Waals surface area contributed by atoms with Gasteiger partial charge in [-0.05, 0) is 26.0 Å². The number of carbonyl (C=O) groups excluding carboxylic acids is 1. The van der Waals surface area contributed by atoms with Gasteiger partial charge in [-0.1, -0.05) is 12.2 Å². The minimum atomic E-state index is -0.602. The molecule has 0 aromatic heterocycles. The van der Waals surface area contributed by atoms with Crippen molar-refractivity contribution >= 4 is 5.97 Å². The van der Waals surface area contributed by atoms with Crippen LogP contribution in [0.3, 0.4) is 0 Å². The van der Waals surface area contributed by atoms with Crippen molar-refractivity contribution in [1.82, 2.24) is 0 Å². The number of cyclic esters (lactones) is 1. The van der Waals surface area contributed by atoms with Crippen LogP contribution in [0.25, 0.3) is 0 Å². The van der Waals surface area contributed by atoms with Gasteiger partial charge >= 0.3 is 5.97 Å². The molecule has 0 N–H and O–H groups in total. The molecule has 0 radical (unpaired) electrons. The van der Waals surface area contributed by atoms with E-state index in [1.54, 1.807) is 19.3 Å². The Kier molecular flexibility index (Phi) is 3.75. The fourth-order valence-corrected chi connectivity index (χ4v) is 2.22. The Balaban J connectivity index is 2.36. The number of hydrogen-bond donors (Lipinski definition) is 0. The summed E-state index contributed by atoms with van der Waals surface area (Å²) in [5.41, 5.74) is 0. The zero-order valence-corrected chi connectivity index (χ0v) is 10.9. The Morgan fingerprint density at radius 1 is 1.17 bits per heavy atom. The first kappa shape index (κ1) is 12.7. The van der Waals surface area contributed by atoms with Crippen molar-refractivity contribution < 1.29 is 19.0 Å². The van der Waals surface area contributed by atoms with Crippen molar-refractivity contribution in [1.29, 1.82) is 0 Å². The van der Waals surface area contributed by atoms with Crippen LogP contribution >= 0.6 is 0 Å². The smallest absolute Gasteiger partial charge is 0.324 e. The van der Waals surface area contributed by atoms with Crippen molar-refractivity contribution in [3.8, 4) is 0 Å². The predicted octanol–water partition coefficient (Wildman–Crippen LogP) is 2.33. The lowest BCUT2D eigenvalue weighted by Gasteiger charge is -2.29. The third kappa shape index (κ3) is 2.58. The van der Waals surface area contributed by atoms with E-state index in [9.17, 15) is 4.79 Å². The van der Waals surface area contributed by atoms with E-state index in [-0.39, 0.29) is 18.2 Å². The monoisotopic (exact) mass is 250 g/mol. The first-order valence-corrected chi connectivity index (χ1v) is 6.11. The molecule has 0 amide bonds. The maximum Gasteiger partial charge on any atom is 0.324 e. The molecule has 1 aliphatic heterocycles. The average molecular weight is 250 g/mol. The summed E-state index contributed by atoms with van der Waals surface area (Å²) in [6.07, 6.45) is 7.75. The number of ether oxygens (including phenoxy) is 3.